The summed E-state index contributed by atoms with van der Waals surface area (Å²) in [5.74, 6) is 0.436. The van der Waals surface area contributed by atoms with Crippen LogP contribution in [0.3, 0.4) is 0 Å². The third kappa shape index (κ3) is 8.01. The summed E-state index contributed by atoms with van der Waals surface area (Å²) in [6.45, 7) is 1.68. The van der Waals surface area contributed by atoms with Gasteiger partial charge in [0.1, 0.15) is 6.04 Å². The summed E-state index contributed by atoms with van der Waals surface area (Å²) in [5, 5.41) is 13.3. The fourth-order valence-electron chi connectivity index (χ4n) is 2.98. The van der Waals surface area contributed by atoms with E-state index in [1.54, 1.807) is 11.8 Å². The molecule has 4 N–H and O–H groups in total. The molecule has 0 saturated carbocycles. The van der Waals surface area contributed by atoms with Gasteiger partial charge < -0.3 is 21.3 Å². The SMILES string of the molecule is O=CNCNC(=O)[C@@H](C/C1=C/SC/C=C\C=C/C1)NC(=O)C1CCNCC1. The maximum Gasteiger partial charge on any atom is 0.244 e. The molecule has 8 heteroatoms. The van der Waals surface area contributed by atoms with Crippen molar-refractivity contribution in [1.29, 1.82) is 0 Å². The second-order valence-corrected chi connectivity index (χ2v) is 7.40. The first kappa shape index (κ1) is 21.2. The Morgan fingerprint density at radius 1 is 1.26 bits per heavy atom. The Morgan fingerprint density at radius 2 is 2.04 bits per heavy atom. The molecule has 7 nitrogen and oxygen atoms in total. The Balaban J connectivity index is 2.02. The summed E-state index contributed by atoms with van der Waals surface area (Å²) in [6.07, 6.45) is 11.4. The fraction of sp³-hybridized carbons (Fsp3) is 0.526. The van der Waals surface area contributed by atoms with Crippen molar-refractivity contribution in [3.05, 3.63) is 35.3 Å². The molecule has 3 amide bonds. The van der Waals surface area contributed by atoms with Crippen molar-refractivity contribution in [2.24, 2.45) is 5.92 Å². The largest absolute Gasteiger partial charge is 0.344 e. The minimum absolute atomic E-state index is 0.0413. The molecule has 27 heavy (non-hydrogen) atoms. The van der Waals surface area contributed by atoms with Crippen LogP contribution in [0.2, 0.25) is 0 Å². The van der Waals surface area contributed by atoms with Crippen LogP contribution in [0.5, 0.6) is 0 Å². The molecule has 0 radical (unpaired) electrons. The normalized spacial score (nSPS) is 23.3. The first-order valence-corrected chi connectivity index (χ1v) is 10.3. The minimum atomic E-state index is -0.658. The summed E-state index contributed by atoms with van der Waals surface area (Å²) in [6, 6.07) is -0.658. The Kier molecular flexibility index (Phi) is 9.72. The molecule has 0 aromatic heterocycles. The van der Waals surface area contributed by atoms with Crippen molar-refractivity contribution in [2.45, 2.75) is 31.7 Å². The molecule has 1 fully saturated rings. The van der Waals surface area contributed by atoms with Crippen molar-refractivity contribution in [1.82, 2.24) is 21.3 Å². The van der Waals surface area contributed by atoms with Gasteiger partial charge in [-0.2, -0.15) is 0 Å². The average molecular weight is 393 g/mol. The molecule has 148 valence electrons. The minimum Gasteiger partial charge on any atom is -0.344 e. The van der Waals surface area contributed by atoms with Gasteiger partial charge in [-0.3, -0.25) is 14.4 Å². The van der Waals surface area contributed by atoms with E-state index in [4.69, 9.17) is 0 Å². The van der Waals surface area contributed by atoms with Crippen LogP contribution in [0.25, 0.3) is 0 Å². The van der Waals surface area contributed by atoms with E-state index in [2.05, 4.69) is 32.8 Å². The van der Waals surface area contributed by atoms with E-state index >= 15 is 0 Å². The predicted octanol–water partition coefficient (Wildman–Crippen LogP) is 0.814. The first-order chi connectivity index (χ1) is 13.2. The molecule has 0 aromatic carbocycles. The van der Waals surface area contributed by atoms with Gasteiger partial charge >= 0.3 is 0 Å². The topological polar surface area (TPSA) is 99.3 Å². The van der Waals surface area contributed by atoms with Crippen molar-refractivity contribution in [2.75, 3.05) is 25.5 Å². The summed E-state index contributed by atoms with van der Waals surface area (Å²) in [4.78, 5) is 35.6. The summed E-state index contributed by atoms with van der Waals surface area (Å²) < 4.78 is 0. The third-order valence-corrected chi connectivity index (χ3v) is 5.35. The highest BCUT2D eigenvalue weighted by Crippen LogP contribution is 2.19. The molecule has 2 aliphatic rings. The molecule has 0 aliphatic carbocycles. The molecule has 2 heterocycles. The first-order valence-electron chi connectivity index (χ1n) is 9.27. The molecule has 0 bridgehead atoms. The van der Waals surface area contributed by atoms with Gasteiger partial charge in [-0.05, 0) is 44.2 Å². The number of rotatable bonds is 8. The summed E-state index contributed by atoms with van der Waals surface area (Å²) >= 11 is 1.67. The van der Waals surface area contributed by atoms with E-state index in [-0.39, 0.29) is 24.4 Å². The fourth-order valence-corrected chi connectivity index (χ4v) is 3.73. The molecule has 0 unspecified atom stereocenters. The van der Waals surface area contributed by atoms with Gasteiger partial charge in [0.2, 0.25) is 18.2 Å². The number of hydrogen-bond acceptors (Lipinski definition) is 5. The third-order valence-electron chi connectivity index (χ3n) is 4.46. The lowest BCUT2D eigenvalue weighted by Crippen LogP contribution is -2.51. The smallest absolute Gasteiger partial charge is 0.244 e. The number of allylic oxidation sites excluding steroid dienone is 3. The highest BCUT2D eigenvalue weighted by atomic mass is 32.2. The predicted molar refractivity (Wildman–Crippen MR) is 108 cm³/mol. The Labute approximate surface area is 164 Å². The Hall–Kier alpha value is -2.06. The highest BCUT2D eigenvalue weighted by molar-refractivity contribution is 8.02. The van der Waals surface area contributed by atoms with Gasteiger partial charge in [0.25, 0.3) is 0 Å². The quantitative estimate of drug-likeness (QED) is 0.278. The zero-order valence-electron chi connectivity index (χ0n) is 15.4. The van der Waals surface area contributed by atoms with Crippen molar-refractivity contribution < 1.29 is 14.4 Å². The molecule has 0 aromatic rings. The lowest BCUT2D eigenvalue weighted by molar-refractivity contribution is -0.131. The van der Waals surface area contributed by atoms with Crippen LogP contribution >= 0.6 is 11.8 Å². The second kappa shape index (κ2) is 12.3. The van der Waals surface area contributed by atoms with E-state index in [0.29, 0.717) is 12.8 Å². The van der Waals surface area contributed by atoms with Crippen LogP contribution in [0.15, 0.2) is 35.3 Å². The number of amides is 3. The average Bonchev–Trinajstić information content (AvgIpc) is 2.82. The van der Waals surface area contributed by atoms with E-state index in [1.807, 2.05) is 18.2 Å². The van der Waals surface area contributed by atoms with Gasteiger partial charge in [-0.1, -0.05) is 29.9 Å². The highest BCUT2D eigenvalue weighted by Gasteiger charge is 2.27. The summed E-state index contributed by atoms with van der Waals surface area (Å²) in [7, 11) is 0. The zero-order chi connectivity index (χ0) is 19.3. The molecule has 2 rings (SSSR count). The van der Waals surface area contributed by atoms with E-state index < -0.39 is 6.04 Å². The molecule has 1 atom stereocenters. The van der Waals surface area contributed by atoms with Crippen LogP contribution in [0, 0.1) is 5.92 Å². The van der Waals surface area contributed by atoms with Gasteiger partial charge in [-0.15, -0.1) is 11.8 Å². The number of nitrogens with one attached hydrogen (secondary N) is 4. The van der Waals surface area contributed by atoms with Crippen LogP contribution in [-0.2, 0) is 14.4 Å². The van der Waals surface area contributed by atoms with Crippen LogP contribution in [0.4, 0.5) is 0 Å². The molecular formula is C19H28N4O3S. The van der Waals surface area contributed by atoms with Gasteiger partial charge in [0, 0.05) is 11.7 Å². The lowest BCUT2D eigenvalue weighted by atomic mass is 9.96. The van der Waals surface area contributed by atoms with Crippen molar-refractivity contribution in [3.8, 4) is 0 Å². The maximum absolute atomic E-state index is 12.6. The van der Waals surface area contributed by atoms with Crippen molar-refractivity contribution >= 4 is 30.0 Å². The van der Waals surface area contributed by atoms with E-state index in [0.717, 1.165) is 43.7 Å². The summed E-state index contributed by atoms with van der Waals surface area (Å²) in [5.41, 5.74) is 1.09. The van der Waals surface area contributed by atoms with Gasteiger partial charge in [0.15, 0.2) is 0 Å². The molecular weight excluding hydrogens is 364 g/mol. The number of thioether (sulfide) groups is 1. The number of carbonyl (C=O) groups excluding carboxylic acids is 3. The van der Waals surface area contributed by atoms with Crippen LogP contribution in [0.1, 0.15) is 25.7 Å². The number of carbonyl (C=O) groups is 3. The number of hydrogen-bond donors (Lipinski definition) is 4. The van der Waals surface area contributed by atoms with E-state index in [1.165, 1.54) is 0 Å². The van der Waals surface area contributed by atoms with E-state index in [9.17, 15) is 14.4 Å². The monoisotopic (exact) mass is 392 g/mol. The molecule has 0 spiro atoms. The van der Waals surface area contributed by atoms with Crippen molar-refractivity contribution in [3.63, 3.8) is 0 Å². The van der Waals surface area contributed by atoms with Gasteiger partial charge in [0.05, 0.1) is 6.67 Å². The Morgan fingerprint density at radius 3 is 2.81 bits per heavy atom. The number of piperidine rings is 1. The van der Waals surface area contributed by atoms with Crippen LogP contribution < -0.4 is 21.3 Å². The van der Waals surface area contributed by atoms with Crippen LogP contribution in [-0.4, -0.2) is 49.8 Å². The Bertz CT molecular complexity index is 598. The van der Waals surface area contributed by atoms with Gasteiger partial charge in [-0.25, -0.2) is 0 Å². The lowest BCUT2D eigenvalue weighted by Gasteiger charge is -2.25. The second-order valence-electron chi connectivity index (χ2n) is 6.50. The molecule has 1 saturated heterocycles. The molecule has 2 aliphatic heterocycles. The maximum atomic E-state index is 12.6. The standard InChI is InChI=1S/C19H28N4O3S/c24-14-21-13-22-19(26)17(23-18(25)16-6-8-20-9-7-16)11-15-5-3-1-2-4-10-27-12-15/h1-4,12,14,16-17,20H,5-11,13H2,(H,21,24)(H,22,26)(H,23,25)/b3-1-,4-2-,15-12+/t17-/m1/s1. The zero-order valence-corrected chi connectivity index (χ0v) is 16.2.